The van der Waals surface area contributed by atoms with Gasteiger partial charge in [0.25, 0.3) is 5.88 Å². The van der Waals surface area contributed by atoms with Gasteiger partial charge in [0.15, 0.2) is 5.82 Å². The fourth-order valence-corrected chi connectivity index (χ4v) is 3.67. The molecular formula is C23H23ClN4O2. The molecule has 2 heterocycles. The third-order valence-electron chi connectivity index (χ3n) is 5.15. The average molecular weight is 423 g/mol. The van der Waals surface area contributed by atoms with Crippen LogP contribution < -0.4 is 15.0 Å². The van der Waals surface area contributed by atoms with E-state index in [0.717, 1.165) is 36.4 Å². The SMILES string of the molecule is Cc1ccccc1Oc1nccnc1N1CCC[C@@H](C(=O)Nc2ccc(Cl)cc2)C1. The van der Waals surface area contributed by atoms with E-state index in [1.165, 1.54) is 0 Å². The van der Waals surface area contributed by atoms with Gasteiger partial charge in [0, 0.05) is 36.2 Å². The van der Waals surface area contributed by atoms with Crippen LogP contribution in [0.3, 0.4) is 0 Å². The van der Waals surface area contributed by atoms with E-state index in [1.54, 1.807) is 36.7 Å². The van der Waals surface area contributed by atoms with Crippen LogP contribution in [0.1, 0.15) is 18.4 Å². The number of aromatic nitrogens is 2. The van der Waals surface area contributed by atoms with Crippen LogP contribution in [0.2, 0.25) is 5.02 Å². The largest absolute Gasteiger partial charge is 0.436 e. The molecular weight excluding hydrogens is 400 g/mol. The molecule has 0 saturated carbocycles. The van der Waals surface area contributed by atoms with Gasteiger partial charge in [0.05, 0.1) is 5.92 Å². The number of amides is 1. The first-order valence-electron chi connectivity index (χ1n) is 9.96. The lowest BCUT2D eigenvalue weighted by Crippen LogP contribution is -2.41. The first-order chi connectivity index (χ1) is 14.6. The van der Waals surface area contributed by atoms with Crippen molar-refractivity contribution in [3.63, 3.8) is 0 Å². The molecule has 1 aliphatic heterocycles. The number of benzene rings is 2. The highest BCUT2D eigenvalue weighted by atomic mass is 35.5. The van der Waals surface area contributed by atoms with Crippen molar-refractivity contribution in [2.24, 2.45) is 5.92 Å². The molecule has 6 nitrogen and oxygen atoms in total. The second-order valence-corrected chi connectivity index (χ2v) is 7.77. The monoisotopic (exact) mass is 422 g/mol. The smallest absolute Gasteiger partial charge is 0.263 e. The molecule has 7 heteroatoms. The number of nitrogens with zero attached hydrogens (tertiary/aromatic N) is 3. The number of piperidine rings is 1. The van der Waals surface area contributed by atoms with Gasteiger partial charge in [-0.05, 0) is 55.7 Å². The first-order valence-corrected chi connectivity index (χ1v) is 10.3. The lowest BCUT2D eigenvalue weighted by atomic mass is 9.97. The molecule has 4 rings (SSSR count). The van der Waals surface area contributed by atoms with E-state index in [2.05, 4.69) is 20.2 Å². The quantitative estimate of drug-likeness (QED) is 0.620. The summed E-state index contributed by atoms with van der Waals surface area (Å²) >= 11 is 5.92. The Morgan fingerprint density at radius 2 is 1.90 bits per heavy atom. The number of aryl methyl sites for hydroxylation is 1. The molecule has 0 radical (unpaired) electrons. The van der Waals surface area contributed by atoms with Crippen molar-refractivity contribution in [3.8, 4) is 11.6 Å². The molecule has 1 fully saturated rings. The zero-order valence-electron chi connectivity index (χ0n) is 16.7. The van der Waals surface area contributed by atoms with Crippen molar-refractivity contribution >= 4 is 29.0 Å². The van der Waals surface area contributed by atoms with E-state index in [4.69, 9.17) is 16.3 Å². The number of halogens is 1. The lowest BCUT2D eigenvalue weighted by Gasteiger charge is -2.33. The number of hydrogen-bond donors (Lipinski definition) is 1. The highest BCUT2D eigenvalue weighted by molar-refractivity contribution is 6.30. The molecule has 30 heavy (non-hydrogen) atoms. The molecule has 1 saturated heterocycles. The Morgan fingerprint density at radius 1 is 1.13 bits per heavy atom. The summed E-state index contributed by atoms with van der Waals surface area (Å²) in [6.45, 7) is 3.35. The van der Waals surface area contributed by atoms with Crippen LogP contribution in [-0.4, -0.2) is 29.0 Å². The minimum absolute atomic E-state index is 0.00714. The lowest BCUT2D eigenvalue weighted by molar-refractivity contribution is -0.120. The fourth-order valence-electron chi connectivity index (χ4n) is 3.54. The molecule has 0 unspecified atom stereocenters. The number of carbonyl (C=O) groups is 1. The number of anilines is 2. The Bertz CT molecular complexity index is 1030. The summed E-state index contributed by atoms with van der Waals surface area (Å²) in [5.74, 6) is 1.69. The van der Waals surface area contributed by atoms with Crippen molar-refractivity contribution in [3.05, 3.63) is 71.5 Å². The molecule has 1 aliphatic rings. The summed E-state index contributed by atoms with van der Waals surface area (Å²) in [5.41, 5.74) is 1.76. The maximum atomic E-state index is 12.8. The second-order valence-electron chi connectivity index (χ2n) is 7.33. The van der Waals surface area contributed by atoms with Crippen molar-refractivity contribution < 1.29 is 9.53 Å². The molecule has 1 amide bonds. The van der Waals surface area contributed by atoms with E-state index in [1.807, 2.05) is 31.2 Å². The van der Waals surface area contributed by atoms with Gasteiger partial charge >= 0.3 is 0 Å². The van der Waals surface area contributed by atoms with Gasteiger partial charge in [-0.25, -0.2) is 9.97 Å². The van der Waals surface area contributed by atoms with Crippen LogP contribution in [0.25, 0.3) is 0 Å². The van der Waals surface area contributed by atoms with E-state index >= 15 is 0 Å². The highest BCUT2D eigenvalue weighted by Gasteiger charge is 2.28. The van der Waals surface area contributed by atoms with Gasteiger partial charge in [-0.3, -0.25) is 4.79 Å². The molecule has 1 N–H and O–H groups in total. The van der Waals surface area contributed by atoms with Gasteiger partial charge in [-0.2, -0.15) is 0 Å². The Hall–Kier alpha value is -3.12. The molecule has 1 aromatic heterocycles. The minimum Gasteiger partial charge on any atom is -0.436 e. The molecule has 3 aromatic rings. The maximum absolute atomic E-state index is 12.8. The zero-order chi connectivity index (χ0) is 20.9. The predicted molar refractivity (Wildman–Crippen MR) is 118 cm³/mol. The van der Waals surface area contributed by atoms with E-state index in [-0.39, 0.29) is 11.8 Å². The Labute approximate surface area is 180 Å². The molecule has 2 aromatic carbocycles. The van der Waals surface area contributed by atoms with Gasteiger partial charge in [0.1, 0.15) is 5.75 Å². The number of ether oxygens (including phenoxy) is 1. The van der Waals surface area contributed by atoms with Crippen molar-refractivity contribution in [1.82, 2.24) is 9.97 Å². The topological polar surface area (TPSA) is 67.4 Å². The van der Waals surface area contributed by atoms with Crippen LogP contribution in [0.15, 0.2) is 60.9 Å². The third kappa shape index (κ3) is 4.71. The normalized spacial score (nSPS) is 16.2. The minimum atomic E-state index is -0.150. The second kappa shape index (κ2) is 9.13. The van der Waals surface area contributed by atoms with Crippen LogP contribution in [0.5, 0.6) is 11.6 Å². The summed E-state index contributed by atoms with van der Waals surface area (Å²) in [4.78, 5) is 23.8. The molecule has 0 aliphatic carbocycles. The summed E-state index contributed by atoms with van der Waals surface area (Å²) in [6.07, 6.45) is 4.98. The summed E-state index contributed by atoms with van der Waals surface area (Å²) < 4.78 is 6.07. The Morgan fingerprint density at radius 3 is 2.70 bits per heavy atom. The Kier molecular flexibility index (Phi) is 6.14. The standard InChI is InChI=1S/C23H23ClN4O2/c1-16-5-2-3-7-20(16)30-23-21(25-12-13-26-23)28-14-4-6-17(15-28)22(29)27-19-10-8-18(24)9-11-19/h2-3,5,7-13,17H,4,6,14-15H2,1H3,(H,27,29)/t17-/m1/s1. The predicted octanol–water partition coefficient (Wildman–Crippen LogP) is 5.09. The van der Waals surface area contributed by atoms with Crippen molar-refractivity contribution in [1.29, 1.82) is 0 Å². The van der Waals surface area contributed by atoms with Crippen molar-refractivity contribution in [2.75, 3.05) is 23.3 Å². The van der Waals surface area contributed by atoms with E-state index in [9.17, 15) is 4.79 Å². The number of carbonyl (C=O) groups excluding carboxylic acids is 1. The van der Waals surface area contributed by atoms with Gasteiger partial charge < -0.3 is 15.0 Å². The van der Waals surface area contributed by atoms with E-state index in [0.29, 0.717) is 23.3 Å². The number of nitrogens with one attached hydrogen (secondary N) is 1. The summed E-state index contributed by atoms with van der Waals surface area (Å²) in [6, 6.07) is 14.9. The summed E-state index contributed by atoms with van der Waals surface area (Å²) in [5, 5.41) is 3.62. The van der Waals surface area contributed by atoms with E-state index < -0.39 is 0 Å². The Balaban J connectivity index is 1.49. The fraction of sp³-hybridized carbons (Fsp3) is 0.261. The van der Waals surface area contributed by atoms with Crippen LogP contribution in [-0.2, 0) is 4.79 Å². The molecule has 154 valence electrons. The number of para-hydroxylation sites is 1. The number of hydrogen-bond acceptors (Lipinski definition) is 5. The summed E-state index contributed by atoms with van der Waals surface area (Å²) in [7, 11) is 0. The van der Waals surface area contributed by atoms with Gasteiger partial charge in [-0.15, -0.1) is 0 Å². The van der Waals surface area contributed by atoms with Crippen LogP contribution in [0.4, 0.5) is 11.5 Å². The van der Waals surface area contributed by atoms with Gasteiger partial charge in [-0.1, -0.05) is 29.8 Å². The zero-order valence-corrected chi connectivity index (χ0v) is 17.5. The maximum Gasteiger partial charge on any atom is 0.263 e. The highest BCUT2D eigenvalue weighted by Crippen LogP contribution is 2.32. The van der Waals surface area contributed by atoms with Crippen LogP contribution >= 0.6 is 11.6 Å². The van der Waals surface area contributed by atoms with Gasteiger partial charge in [0.2, 0.25) is 5.91 Å². The molecule has 1 atom stereocenters. The first kappa shape index (κ1) is 20.2. The number of rotatable bonds is 5. The van der Waals surface area contributed by atoms with Crippen molar-refractivity contribution in [2.45, 2.75) is 19.8 Å². The average Bonchev–Trinajstić information content (AvgIpc) is 2.77. The molecule has 0 spiro atoms. The molecule has 0 bridgehead atoms. The third-order valence-corrected chi connectivity index (χ3v) is 5.40. The van der Waals surface area contributed by atoms with Crippen LogP contribution in [0, 0.1) is 12.8 Å².